The molecule has 0 radical (unpaired) electrons. The van der Waals surface area contributed by atoms with Gasteiger partial charge in [-0.25, -0.2) is 0 Å². The molecule has 1 amide bonds. The van der Waals surface area contributed by atoms with Gasteiger partial charge in [-0.1, -0.05) is 42.1 Å². The van der Waals surface area contributed by atoms with E-state index in [1.165, 1.54) is 17.3 Å². The molecule has 0 aliphatic heterocycles. The van der Waals surface area contributed by atoms with Crippen molar-refractivity contribution in [1.82, 2.24) is 15.1 Å². The summed E-state index contributed by atoms with van der Waals surface area (Å²) in [6.45, 7) is 1.83. The Morgan fingerprint density at radius 3 is 2.62 bits per heavy atom. The number of hydrogen-bond donors (Lipinski definition) is 0. The average molecular weight is 305 g/mol. The van der Waals surface area contributed by atoms with Crippen molar-refractivity contribution in [3.8, 4) is 0 Å². The summed E-state index contributed by atoms with van der Waals surface area (Å²) in [5.74, 6) is 0.634. The molecule has 1 aromatic carbocycles. The van der Waals surface area contributed by atoms with E-state index in [1.54, 1.807) is 19.0 Å². The Kier molecular flexibility index (Phi) is 5.38. The van der Waals surface area contributed by atoms with E-state index in [0.717, 1.165) is 6.42 Å². The van der Waals surface area contributed by atoms with Gasteiger partial charge in [0.25, 0.3) is 5.22 Å². The number of aryl methyl sites for hydroxylation is 2. The number of rotatable bonds is 6. The van der Waals surface area contributed by atoms with Crippen molar-refractivity contribution in [1.29, 1.82) is 0 Å². The van der Waals surface area contributed by atoms with Gasteiger partial charge in [-0.15, -0.1) is 10.2 Å². The second-order valence-corrected chi connectivity index (χ2v) is 6.23. The van der Waals surface area contributed by atoms with Crippen LogP contribution in [0.3, 0.4) is 0 Å². The molecule has 21 heavy (non-hydrogen) atoms. The van der Waals surface area contributed by atoms with E-state index in [1.807, 2.05) is 25.1 Å². The lowest BCUT2D eigenvalue weighted by atomic mass is 10.1. The molecular formula is C15H19N3O2S. The average Bonchev–Trinajstić information content (AvgIpc) is 2.92. The van der Waals surface area contributed by atoms with Gasteiger partial charge in [-0.3, -0.25) is 4.79 Å². The fraction of sp³-hybridized carbons (Fsp3) is 0.400. The van der Waals surface area contributed by atoms with E-state index >= 15 is 0 Å². The van der Waals surface area contributed by atoms with Gasteiger partial charge in [0.1, 0.15) is 0 Å². The lowest BCUT2D eigenvalue weighted by Gasteiger charge is -2.14. The molecule has 112 valence electrons. The lowest BCUT2D eigenvalue weighted by molar-refractivity contribution is -0.127. The van der Waals surface area contributed by atoms with Crippen LogP contribution < -0.4 is 0 Å². The Labute approximate surface area is 128 Å². The zero-order chi connectivity index (χ0) is 15.2. The number of benzene rings is 1. The molecule has 0 aliphatic carbocycles. The van der Waals surface area contributed by atoms with Crippen LogP contribution in [0, 0.1) is 0 Å². The van der Waals surface area contributed by atoms with Crippen LogP contribution in [0.1, 0.15) is 18.4 Å². The highest BCUT2D eigenvalue weighted by Crippen LogP contribution is 2.23. The number of hydrogen-bond acceptors (Lipinski definition) is 5. The Morgan fingerprint density at radius 2 is 1.95 bits per heavy atom. The molecule has 1 aromatic heterocycles. The molecule has 2 aromatic rings. The Bertz CT molecular complexity index is 584. The minimum atomic E-state index is -0.234. The van der Waals surface area contributed by atoms with Crippen molar-refractivity contribution in [3.63, 3.8) is 0 Å². The minimum Gasteiger partial charge on any atom is -0.416 e. The lowest BCUT2D eigenvalue weighted by Crippen LogP contribution is -2.29. The zero-order valence-corrected chi connectivity index (χ0v) is 13.3. The maximum absolute atomic E-state index is 11.8. The van der Waals surface area contributed by atoms with E-state index in [2.05, 4.69) is 22.3 Å². The molecule has 0 saturated heterocycles. The minimum absolute atomic E-state index is 0.0315. The molecule has 0 saturated carbocycles. The van der Waals surface area contributed by atoms with E-state index in [-0.39, 0.29) is 11.2 Å². The normalized spacial score (nSPS) is 12.1. The van der Waals surface area contributed by atoms with Crippen LogP contribution >= 0.6 is 11.8 Å². The summed E-state index contributed by atoms with van der Waals surface area (Å²) >= 11 is 1.29. The first kappa shape index (κ1) is 15.6. The number of carbonyl (C=O) groups excluding carboxylic acids is 1. The highest BCUT2D eigenvalue weighted by Gasteiger charge is 2.19. The molecule has 0 unspecified atom stereocenters. The van der Waals surface area contributed by atoms with Crippen molar-refractivity contribution in [2.75, 3.05) is 14.1 Å². The van der Waals surface area contributed by atoms with Crippen molar-refractivity contribution >= 4 is 17.7 Å². The predicted molar refractivity (Wildman–Crippen MR) is 82.2 cm³/mol. The summed E-state index contributed by atoms with van der Waals surface area (Å²) in [5, 5.41) is 8.22. The van der Waals surface area contributed by atoms with E-state index in [4.69, 9.17) is 4.42 Å². The summed E-state index contributed by atoms with van der Waals surface area (Å²) < 4.78 is 5.58. The molecule has 0 fully saturated rings. The molecule has 6 heteroatoms. The van der Waals surface area contributed by atoms with Gasteiger partial charge in [0.05, 0.1) is 5.25 Å². The first-order chi connectivity index (χ1) is 10.1. The second kappa shape index (κ2) is 7.26. The molecule has 0 bridgehead atoms. The summed E-state index contributed by atoms with van der Waals surface area (Å²) in [5.41, 5.74) is 1.24. The smallest absolute Gasteiger partial charge is 0.277 e. The second-order valence-electron chi connectivity index (χ2n) is 4.94. The maximum atomic E-state index is 11.8. The van der Waals surface area contributed by atoms with Crippen LogP contribution in [0.4, 0.5) is 0 Å². The van der Waals surface area contributed by atoms with Gasteiger partial charge >= 0.3 is 0 Å². The first-order valence-corrected chi connectivity index (χ1v) is 7.68. The summed E-state index contributed by atoms with van der Waals surface area (Å²) in [7, 11) is 3.47. The summed E-state index contributed by atoms with van der Waals surface area (Å²) in [4.78, 5) is 13.3. The van der Waals surface area contributed by atoms with Gasteiger partial charge in [0.15, 0.2) is 0 Å². The molecule has 1 atom stereocenters. The van der Waals surface area contributed by atoms with Crippen molar-refractivity contribution in [2.45, 2.75) is 30.2 Å². The molecule has 5 nitrogen and oxygen atoms in total. The largest absolute Gasteiger partial charge is 0.416 e. The van der Waals surface area contributed by atoms with Gasteiger partial charge < -0.3 is 9.32 Å². The first-order valence-electron chi connectivity index (χ1n) is 6.80. The van der Waals surface area contributed by atoms with Crippen LogP contribution in [0.25, 0.3) is 0 Å². The van der Waals surface area contributed by atoms with E-state index < -0.39 is 0 Å². The monoisotopic (exact) mass is 305 g/mol. The van der Waals surface area contributed by atoms with Crippen molar-refractivity contribution in [3.05, 3.63) is 41.8 Å². The quantitative estimate of drug-likeness (QED) is 0.767. The summed E-state index contributed by atoms with van der Waals surface area (Å²) in [6, 6.07) is 10.2. The van der Waals surface area contributed by atoms with Crippen LogP contribution in [-0.2, 0) is 17.6 Å². The van der Waals surface area contributed by atoms with Crippen LogP contribution in [0.5, 0.6) is 0 Å². The molecule has 0 aliphatic rings. The summed E-state index contributed by atoms with van der Waals surface area (Å²) in [6.07, 6.45) is 1.56. The van der Waals surface area contributed by atoms with E-state index in [9.17, 15) is 4.79 Å². The number of thioether (sulfide) groups is 1. The fourth-order valence-electron chi connectivity index (χ4n) is 1.85. The van der Waals surface area contributed by atoms with Crippen molar-refractivity contribution < 1.29 is 9.21 Å². The molecule has 2 rings (SSSR count). The third-order valence-electron chi connectivity index (χ3n) is 2.98. The number of aromatic nitrogens is 2. The number of carbonyl (C=O) groups is 1. The zero-order valence-electron chi connectivity index (χ0n) is 12.4. The molecule has 1 heterocycles. The highest BCUT2D eigenvalue weighted by molar-refractivity contribution is 8.00. The SMILES string of the molecule is C[C@@H](Sc1nnc(CCc2ccccc2)o1)C(=O)N(C)C. The maximum Gasteiger partial charge on any atom is 0.277 e. The van der Waals surface area contributed by atoms with Gasteiger partial charge in [-0.2, -0.15) is 0 Å². The molecule has 0 N–H and O–H groups in total. The van der Waals surface area contributed by atoms with Crippen LogP contribution in [-0.4, -0.2) is 40.3 Å². The number of nitrogens with zero attached hydrogens (tertiary/aromatic N) is 3. The third-order valence-corrected chi connectivity index (χ3v) is 3.91. The van der Waals surface area contributed by atoms with Gasteiger partial charge in [-0.05, 0) is 18.9 Å². The van der Waals surface area contributed by atoms with Gasteiger partial charge in [0.2, 0.25) is 11.8 Å². The van der Waals surface area contributed by atoms with Crippen molar-refractivity contribution in [2.24, 2.45) is 0 Å². The Hall–Kier alpha value is -1.82. The molecule has 0 spiro atoms. The van der Waals surface area contributed by atoms with Crippen LogP contribution in [0.2, 0.25) is 0 Å². The van der Waals surface area contributed by atoms with E-state index in [0.29, 0.717) is 17.5 Å². The molecular weight excluding hydrogens is 286 g/mol. The van der Waals surface area contributed by atoms with Crippen LogP contribution in [0.15, 0.2) is 40.0 Å². The highest BCUT2D eigenvalue weighted by atomic mass is 32.2. The fourth-order valence-corrected chi connectivity index (χ4v) is 2.69. The predicted octanol–water partition coefficient (Wildman–Crippen LogP) is 2.42. The van der Waals surface area contributed by atoms with Gasteiger partial charge in [0, 0.05) is 20.5 Å². The topological polar surface area (TPSA) is 59.2 Å². The standard InChI is InChI=1S/C15H19N3O2S/c1-11(14(19)18(2)3)21-15-17-16-13(20-15)10-9-12-7-5-4-6-8-12/h4-8,11H,9-10H2,1-3H3/t11-/m1/s1. The Morgan fingerprint density at radius 1 is 1.24 bits per heavy atom. The Balaban J connectivity index is 1.88. The third kappa shape index (κ3) is 4.60. The number of amides is 1.